The van der Waals surface area contributed by atoms with Crippen molar-refractivity contribution in [3.05, 3.63) is 10.2 Å². The highest BCUT2D eigenvalue weighted by atomic mass is 79.9. The Balaban J connectivity index is 4.36. The molecule has 0 aliphatic rings. The number of alkyl carbamates (subject to hydrolysis) is 1. The van der Waals surface area contributed by atoms with E-state index in [4.69, 9.17) is 21.1 Å². The summed E-state index contributed by atoms with van der Waals surface area (Å²) in [6.07, 6.45) is -0.607. The van der Waals surface area contributed by atoms with Gasteiger partial charge in [-0.15, -0.1) is 0 Å². The van der Waals surface area contributed by atoms with Gasteiger partial charge in [0.1, 0.15) is 17.4 Å². The van der Waals surface area contributed by atoms with Crippen molar-refractivity contribution in [3.63, 3.8) is 0 Å². The predicted molar refractivity (Wildman–Crippen MR) is 67.7 cm³/mol. The maximum Gasteiger partial charge on any atom is 0.407 e. The van der Waals surface area contributed by atoms with Crippen molar-refractivity contribution in [1.82, 2.24) is 5.32 Å². The van der Waals surface area contributed by atoms with Crippen LogP contribution in [0.1, 0.15) is 20.8 Å². The zero-order chi connectivity index (χ0) is 13.6. The van der Waals surface area contributed by atoms with E-state index in [1.807, 2.05) is 0 Å². The summed E-state index contributed by atoms with van der Waals surface area (Å²) in [5.41, 5.74) is 4.88. The molecule has 6 nitrogen and oxygen atoms in total. The zero-order valence-corrected chi connectivity index (χ0v) is 11.5. The van der Waals surface area contributed by atoms with Crippen molar-refractivity contribution in [2.75, 3.05) is 6.54 Å². The summed E-state index contributed by atoms with van der Waals surface area (Å²) in [5.74, 6) is 0. The predicted octanol–water partition coefficient (Wildman–Crippen LogP) is 1.62. The van der Waals surface area contributed by atoms with Gasteiger partial charge >= 0.3 is 6.09 Å². The van der Waals surface area contributed by atoms with Gasteiger partial charge < -0.3 is 15.8 Å². The Morgan fingerprint density at radius 2 is 2.12 bits per heavy atom. The number of nitriles is 1. The molecule has 0 rings (SSSR count). The van der Waals surface area contributed by atoms with Crippen LogP contribution >= 0.6 is 15.9 Å². The Kier molecular flexibility index (Phi) is 5.68. The van der Waals surface area contributed by atoms with Gasteiger partial charge in [-0.1, -0.05) is 0 Å². The number of nitrogens with two attached hydrogens (primary N) is 1. The van der Waals surface area contributed by atoms with Crippen LogP contribution in [0.2, 0.25) is 0 Å². The van der Waals surface area contributed by atoms with E-state index in [1.165, 1.54) is 0 Å². The fourth-order valence-corrected chi connectivity index (χ4v) is 0.998. The summed E-state index contributed by atoms with van der Waals surface area (Å²) in [4.78, 5) is 11.3. The van der Waals surface area contributed by atoms with Gasteiger partial charge in [-0.25, -0.2) is 4.79 Å². The number of hydrogen-bond acceptors (Lipinski definition) is 5. The summed E-state index contributed by atoms with van der Waals surface area (Å²) >= 11 is 3.00. The van der Waals surface area contributed by atoms with Crippen molar-refractivity contribution < 1.29 is 9.53 Å². The van der Waals surface area contributed by atoms with E-state index in [1.54, 1.807) is 26.8 Å². The lowest BCUT2D eigenvalue weighted by molar-refractivity contribution is 0.0532. The molecule has 0 radical (unpaired) electrons. The van der Waals surface area contributed by atoms with E-state index >= 15 is 0 Å². The molecular weight excluding hydrogens is 288 g/mol. The fourth-order valence-electron chi connectivity index (χ4n) is 0.769. The molecule has 0 unspecified atom stereocenters. The standard InChI is InChI=1S/C10H15BrN4O2/c1-10(2,3)17-9(16)15-5-7(14)8(11)6(13)4-12/h13H,5,14H2,1-3H3,(H,15,16)/b8-7+,13-6?. The number of hydrogen-bond donors (Lipinski definition) is 3. The Morgan fingerprint density at radius 3 is 2.53 bits per heavy atom. The quantitative estimate of drug-likeness (QED) is 0.688. The second kappa shape index (κ2) is 6.25. The number of ether oxygens (including phenoxy) is 1. The highest BCUT2D eigenvalue weighted by Crippen LogP contribution is 2.10. The molecule has 0 aliphatic carbocycles. The first-order valence-electron chi connectivity index (χ1n) is 4.77. The minimum Gasteiger partial charge on any atom is -0.444 e. The smallest absolute Gasteiger partial charge is 0.407 e. The lowest BCUT2D eigenvalue weighted by Crippen LogP contribution is -2.35. The van der Waals surface area contributed by atoms with Gasteiger partial charge in [0.25, 0.3) is 0 Å². The molecule has 0 spiro atoms. The first-order chi connectivity index (χ1) is 7.67. The summed E-state index contributed by atoms with van der Waals surface area (Å²) in [6, 6.07) is 1.63. The Labute approximate surface area is 108 Å². The molecule has 0 fully saturated rings. The number of amides is 1. The Hall–Kier alpha value is -1.55. The monoisotopic (exact) mass is 302 g/mol. The molecule has 0 atom stereocenters. The van der Waals surface area contributed by atoms with Crippen molar-refractivity contribution in [2.45, 2.75) is 26.4 Å². The van der Waals surface area contributed by atoms with E-state index in [2.05, 4.69) is 21.2 Å². The van der Waals surface area contributed by atoms with Crippen LogP contribution in [0.3, 0.4) is 0 Å². The molecule has 0 bridgehead atoms. The molecule has 0 aromatic heterocycles. The Morgan fingerprint density at radius 1 is 1.59 bits per heavy atom. The average Bonchev–Trinajstić information content (AvgIpc) is 2.21. The van der Waals surface area contributed by atoms with E-state index in [-0.39, 0.29) is 22.4 Å². The highest BCUT2D eigenvalue weighted by Gasteiger charge is 2.16. The second-order valence-electron chi connectivity index (χ2n) is 4.18. The summed E-state index contributed by atoms with van der Waals surface area (Å²) in [5, 5.41) is 18.1. The van der Waals surface area contributed by atoms with Gasteiger partial charge in [-0.2, -0.15) is 5.26 Å². The molecular formula is C10H15BrN4O2. The lowest BCUT2D eigenvalue weighted by atomic mass is 10.2. The minimum absolute atomic E-state index is 0.000440. The molecule has 0 aromatic carbocycles. The summed E-state index contributed by atoms with van der Waals surface area (Å²) in [7, 11) is 0. The molecule has 0 heterocycles. The van der Waals surface area contributed by atoms with Crippen molar-refractivity contribution in [3.8, 4) is 6.07 Å². The van der Waals surface area contributed by atoms with Gasteiger partial charge in [0, 0.05) is 5.70 Å². The summed E-state index contributed by atoms with van der Waals surface area (Å²) in [6.45, 7) is 5.23. The number of carbonyl (C=O) groups excluding carboxylic acids is 1. The van der Waals surface area contributed by atoms with E-state index in [0.717, 1.165) is 0 Å². The fraction of sp³-hybridized carbons (Fsp3) is 0.500. The van der Waals surface area contributed by atoms with Gasteiger partial charge in [0.2, 0.25) is 0 Å². The molecule has 0 aliphatic heterocycles. The van der Waals surface area contributed by atoms with Crippen LogP contribution in [0.25, 0.3) is 0 Å². The number of halogens is 1. The van der Waals surface area contributed by atoms with Crippen LogP contribution in [0.15, 0.2) is 10.2 Å². The third-order valence-corrected chi connectivity index (χ3v) is 2.34. The molecule has 0 aromatic rings. The molecule has 7 heteroatoms. The van der Waals surface area contributed by atoms with Crippen LogP contribution < -0.4 is 11.1 Å². The number of allylic oxidation sites excluding steroid dienone is 1. The largest absolute Gasteiger partial charge is 0.444 e. The Bertz CT molecular complexity index is 390. The summed E-state index contributed by atoms with van der Waals surface area (Å²) < 4.78 is 5.16. The van der Waals surface area contributed by atoms with E-state index < -0.39 is 11.7 Å². The molecule has 4 N–H and O–H groups in total. The van der Waals surface area contributed by atoms with E-state index in [0.29, 0.717) is 0 Å². The van der Waals surface area contributed by atoms with Crippen LogP contribution in [-0.4, -0.2) is 24.0 Å². The van der Waals surface area contributed by atoms with Crippen LogP contribution in [0.5, 0.6) is 0 Å². The SMILES string of the molecule is CC(C)(C)OC(=O)NC/C(N)=C(\Br)C(=N)C#N. The number of nitrogens with zero attached hydrogens (tertiary/aromatic N) is 1. The molecule has 0 saturated carbocycles. The third kappa shape index (κ3) is 6.58. The van der Waals surface area contributed by atoms with Crippen molar-refractivity contribution in [2.24, 2.45) is 5.73 Å². The highest BCUT2D eigenvalue weighted by molar-refractivity contribution is 9.12. The number of rotatable bonds is 3. The van der Waals surface area contributed by atoms with Crippen LogP contribution in [-0.2, 0) is 4.74 Å². The minimum atomic E-state index is -0.607. The zero-order valence-electron chi connectivity index (χ0n) is 9.93. The lowest BCUT2D eigenvalue weighted by Gasteiger charge is -2.19. The molecule has 1 amide bonds. The van der Waals surface area contributed by atoms with Crippen molar-refractivity contribution in [1.29, 1.82) is 10.7 Å². The molecule has 0 saturated heterocycles. The van der Waals surface area contributed by atoms with E-state index in [9.17, 15) is 4.79 Å². The average molecular weight is 303 g/mol. The number of nitrogens with one attached hydrogen (secondary N) is 2. The van der Waals surface area contributed by atoms with Gasteiger partial charge in [0.05, 0.1) is 11.0 Å². The first-order valence-corrected chi connectivity index (χ1v) is 5.56. The topological polar surface area (TPSA) is 112 Å². The first kappa shape index (κ1) is 15.4. The van der Waals surface area contributed by atoms with Crippen LogP contribution in [0.4, 0.5) is 4.79 Å². The normalized spacial score (nSPS) is 12.2. The second-order valence-corrected chi connectivity index (χ2v) is 4.97. The van der Waals surface area contributed by atoms with Gasteiger partial charge in [-0.3, -0.25) is 5.41 Å². The molecule has 94 valence electrons. The molecule has 17 heavy (non-hydrogen) atoms. The maximum atomic E-state index is 11.3. The van der Waals surface area contributed by atoms with Gasteiger partial charge in [-0.05, 0) is 36.7 Å². The maximum absolute atomic E-state index is 11.3. The number of carbonyl (C=O) groups is 1. The van der Waals surface area contributed by atoms with Crippen LogP contribution in [0, 0.1) is 16.7 Å². The van der Waals surface area contributed by atoms with Crippen molar-refractivity contribution >= 4 is 27.7 Å². The third-order valence-electron chi connectivity index (χ3n) is 1.44. The van der Waals surface area contributed by atoms with Gasteiger partial charge in [0.15, 0.2) is 0 Å².